The summed E-state index contributed by atoms with van der Waals surface area (Å²) in [6.45, 7) is 6.57. The Hall–Kier alpha value is -1.36. The van der Waals surface area contributed by atoms with Gasteiger partial charge in [-0.25, -0.2) is 0 Å². The Morgan fingerprint density at radius 3 is 2.95 bits per heavy atom. The Morgan fingerprint density at radius 1 is 1.55 bits per heavy atom. The first kappa shape index (κ1) is 15.0. The van der Waals surface area contributed by atoms with Gasteiger partial charge in [-0.1, -0.05) is 20.3 Å². The highest BCUT2D eigenvalue weighted by Crippen LogP contribution is 2.31. The topological polar surface area (TPSA) is 59.0 Å². The van der Waals surface area contributed by atoms with Crippen LogP contribution in [-0.2, 0) is 24.8 Å². The molecule has 0 aliphatic carbocycles. The third-order valence-corrected chi connectivity index (χ3v) is 4.22. The number of hydrogen-bond donors (Lipinski definition) is 2. The fraction of sp³-hybridized carbons (Fsp3) is 0.733. The van der Waals surface area contributed by atoms with Crippen molar-refractivity contribution in [1.82, 2.24) is 20.4 Å². The van der Waals surface area contributed by atoms with E-state index in [1.807, 2.05) is 17.9 Å². The van der Waals surface area contributed by atoms with Gasteiger partial charge in [0.25, 0.3) is 0 Å². The van der Waals surface area contributed by atoms with Gasteiger partial charge in [0.15, 0.2) is 0 Å². The number of aromatic nitrogens is 2. The summed E-state index contributed by atoms with van der Waals surface area (Å²) in [6, 6.07) is 0. The second-order valence-electron chi connectivity index (χ2n) is 5.77. The number of hydrogen-bond acceptors (Lipinski definition) is 3. The molecular weight excluding hydrogens is 252 g/mol. The molecule has 1 amide bonds. The van der Waals surface area contributed by atoms with E-state index in [0.717, 1.165) is 50.0 Å². The van der Waals surface area contributed by atoms with Gasteiger partial charge in [0, 0.05) is 31.9 Å². The van der Waals surface area contributed by atoms with E-state index in [1.54, 1.807) is 0 Å². The van der Waals surface area contributed by atoms with Crippen molar-refractivity contribution in [3.8, 4) is 0 Å². The molecule has 2 rings (SSSR count). The smallest absolute Gasteiger partial charge is 0.227 e. The van der Waals surface area contributed by atoms with Gasteiger partial charge in [0.1, 0.15) is 0 Å². The molecule has 1 aliphatic rings. The van der Waals surface area contributed by atoms with Gasteiger partial charge >= 0.3 is 0 Å². The highest BCUT2D eigenvalue weighted by atomic mass is 16.2. The molecule has 2 N–H and O–H groups in total. The molecule has 20 heavy (non-hydrogen) atoms. The van der Waals surface area contributed by atoms with E-state index < -0.39 is 0 Å². The zero-order valence-electron chi connectivity index (χ0n) is 12.8. The van der Waals surface area contributed by atoms with Crippen molar-refractivity contribution >= 4 is 5.91 Å². The lowest BCUT2D eigenvalue weighted by atomic mass is 9.81. The van der Waals surface area contributed by atoms with E-state index in [-0.39, 0.29) is 11.3 Å². The average molecular weight is 278 g/mol. The number of nitrogens with zero attached hydrogens (tertiary/aromatic N) is 2. The highest BCUT2D eigenvalue weighted by molar-refractivity contribution is 5.83. The van der Waals surface area contributed by atoms with Crippen LogP contribution in [0.5, 0.6) is 0 Å². The van der Waals surface area contributed by atoms with E-state index >= 15 is 0 Å². The Morgan fingerprint density at radius 2 is 2.35 bits per heavy atom. The van der Waals surface area contributed by atoms with Crippen molar-refractivity contribution in [2.75, 3.05) is 13.1 Å². The van der Waals surface area contributed by atoms with E-state index in [1.165, 1.54) is 0 Å². The minimum atomic E-state index is -0.205. The minimum Gasteiger partial charge on any atom is -0.351 e. The molecule has 1 unspecified atom stereocenters. The number of rotatable bonds is 6. The lowest BCUT2D eigenvalue weighted by molar-refractivity contribution is -0.130. The summed E-state index contributed by atoms with van der Waals surface area (Å²) in [7, 11) is 1.92. The van der Waals surface area contributed by atoms with Crippen LogP contribution in [-0.4, -0.2) is 28.8 Å². The summed E-state index contributed by atoms with van der Waals surface area (Å²) in [5, 5.41) is 10.9. The fourth-order valence-electron chi connectivity index (χ4n) is 3.13. The molecule has 0 radical (unpaired) electrons. The molecule has 2 heterocycles. The normalized spacial score (nSPS) is 22.1. The number of nitrogens with one attached hydrogen (secondary N) is 2. The van der Waals surface area contributed by atoms with Crippen LogP contribution >= 0.6 is 0 Å². The second kappa shape index (κ2) is 6.39. The van der Waals surface area contributed by atoms with Crippen LogP contribution in [0.15, 0.2) is 6.20 Å². The molecular formula is C15H26N4O. The van der Waals surface area contributed by atoms with Crippen LogP contribution in [0.3, 0.4) is 0 Å². The molecule has 112 valence electrons. The van der Waals surface area contributed by atoms with Gasteiger partial charge < -0.3 is 10.6 Å². The van der Waals surface area contributed by atoms with Crippen molar-refractivity contribution < 1.29 is 4.79 Å². The third kappa shape index (κ3) is 3.03. The molecule has 1 atom stereocenters. The molecule has 0 aromatic carbocycles. The van der Waals surface area contributed by atoms with Gasteiger partial charge in [-0.15, -0.1) is 0 Å². The van der Waals surface area contributed by atoms with Crippen LogP contribution in [0, 0.1) is 5.41 Å². The highest BCUT2D eigenvalue weighted by Gasteiger charge is 2.39. The van der Waals surface area contributed by atoms with Crippen LogP contribution in [0.4, 0.5) is 0 Å². The van der Waals surface area contributed by atoms with Gasteiger partial charge in [-0.3, -0.25) is 9.48 Å². The van der Waals surface area contributed by atoms with E-state index in [9.17, 15) is 4.79 Å². The van der Waals surface area contributed by atoms with Crippen LogP contribution < -0.4 is 10.6 Å². The van der Waals surface area contributed by atoms with Crippen molar-refractivity contribution in [3.63, 3.8) is 0 Å². The maximum atomic E-state index is 12.6. The number of carbonyl (C=O) groups excluding carboxylic acids is 1. The summed E-state index contributed by atoms with van der Waals surface area (Å²) in [5.41, 5.74) is 1.99. The Balaban J connectivity index is 2.00. The van der Waals surface area contributed by atoms with Gasteiger partial charge in [0.2, 0.25) is 5.91 Å². The van der Waals surface area contributed by atoms with Gasteiger partial charge in [-0.2, -0.15) is 5.10 Å². The lowest BCUT2D eigenvalue weighted by Gasteiger charge is -2.26. The van der Waals surface area contributed by atoms with Crippen molar-refractivity contribution in [3.05, 3.63) is 17.5 Å². The summed E-state index contributed by atoms with van der Waals surface area (Å²) in [5.74, 6) is 0.190. The number of amides is 1. The monoisotopic (exact) mass is 278 g/mol. The molecule has 1 saturated heterocycles. The fourth-order valence-corrected chi connectivity index (χ4v) is 3.13. The summed E-state index contributed by atoms with van der Waals surface area (Å²) in [4.78, 5) is 12.6. The summed E-state index contributed by atoms with van der Waals surface area (Å²) >= 11 is 0. The largest absolute Gasteiger partial charge is 0.351 e. The quantitative estimate of drug-likeness (QED) is 0.826. The SMILES string of the molecule is CCCC1(C(=O)NCc2cn(C)nc2CC)CCNC1. The third-order valence-electron chi connectivity index (χ3n) is 4.22. The van der Waals surface area contributed by atoms with Crippen LogP contribution in [0.2, 0.25) is 0 Å². The maximum absolute atomic E-state index is 12.6. The maximum Gasteiger partial charge on any atom is 0.227 e. The van der Waals surface area contributed by atoms with E-state index in [4.69, 9.17) is 0 Å². The van der Waals surface area contributed by atoms with Crippen LogP contribution in [0.1, 0.15) is 44.4 Å². The molecule has 0 saturated carbocycles. The minimum absolute atomic E-state index is 0.190. The number of carbonyl (C=O) groups is 1. The second-order valence-corrected chi connectivity index (χ2v) is 5.77. The van der Waals surface area contributed by atoms with E-state index in [0.29, 0.717) is 6.54 Å². The molecule has 1 aromatic heterocycles. The predicted octanol–water partition coefficient (Wildman–Crippen LogP) is 1.38. The van der Waals surface area contributed by atoms with Crippen molar-refractivity contribution in [2.24, 2.45) is 12.5 Å². The Labute approximate surface area is 121 Å². The van der Waals surface area contributed by atoms with Crippen LogP contribution in [0.25, 0.3) is 0 Å². The Kier molecular flexibility index (Phi) is 4.81. The van der Waals surface area contributed by atoms with E-state index in [2.05, 4.69) is 29.6 Å². The first-order valence-electron chi connectivity index (χ1n) is 7.61. The standard InChI is InChI=1S/C15H26N4O/c1-4-6-15(7-8-16-11-15)14(20)17-9-12-10-19(3)18-13(12)5-2/h10,16H,4-9,11H2,1-3H3,(H,17,20). The first-order chi connectivity index (χ1) is 9.61. The summed E-state index contributed by atoms with van der Waals surface area (Å²) in [6.07, 6.45) is 5.84. The number of aryl methyl sites for hydroxylation is 2. The molecule has 1 aliphatic heterocycles. The van der Waals surface area contributed by atoms with Gasteiger partial charge in [0.05, 0.1) is 11.1 Å². The lowest BCUT2D eigenvalue weighted by Crippen LogP contribution is -2.42. The Bertz CT molecular complexity index is 460. The molecule has 5 heteroatoms. The summed E-state index contributed by atoms with van der Waals surface area (Å²) < 4.78 is 1.82. The molecule has 0 bridgehead atoms. The molecule has 1 fully saturated rings. The molecule has 1 aromatic rings. The average Bonchev–Trinajstić information content (AvgIpc) is 3.03. The van der Waals surface area contributed by atoms with Gasteiger partial charge in [-0.05, 0) is 25.8 Å². The molecule has 0 spiro atoms. The predicted molar refractivity (Wildman–Crippen MR) is 79.3 cm³/mol. The molecule has 5 nitrogen and oxygen atoms in total. The zero-order chi connectivity index (χ0) is 14.6. The zero-order valence-corrected chi connectivity index (χ0v) is 12.8. The van der Waals surface area contributed by atoms with Crippen molar-refractivity contribution in [2.45, 2.75) is 46.1 Å². The van der Waals surface area contributed by atoms with Crippen molar-refractivity contribution in [1.29, 1.82) is 0 Å². The first-order valence-corrected chi connectivity index (χ1v) is 7.61.